The molecular weight excluding hydrogens is 352 g/mol. The second kappa shape index (κ2) is 6.50. The van der Waals surface area contributed by atoms with Crippen LogP contribution in [0.25, 0.3) is 11.3 Å². The van der Waals surface area contributed by atoms with Crippen LogP contribution in [0.3, 0.4) is 0 Å². The van der Waals surface area contributed by atoms with Crippen LogP contribution in [0.2, 0.25) is 0 Å². The second-order valence-electron chi connectivity index (χ2n) is 5.66. The van der Waals surface area contributed by atoms with Gasteiger partial charge in [0.2, 0.25) is 0 Å². The molecule has 0 saturated heterocycles. The molecule has 1 aromatic heterocycles. The first kappa shape index (κ1) is 15.7. The maximum atomic E-state index is 12.1. The van der Waals surface area contributed by atoms with Crippen LogP contribution in [0.4, 0.5) is 0 Å². The van der Waals surface area contributed by atoms with Crippen molar-refractivity contribution >= 4 is 15.9 Å². The molecule has 116 valence electrons. The summed E-state index contributed by atoms with van der Waals surface area (Å²) in [5.74, 6) is 0. The molecule has 3 nitrogen and oxygen atoms in total. The summed E-state index contributed by atoms with van der Waals surface area (Å²) in [6.45, 7) is 4.58. The average Bonchev–Trinajstić information content (AvgIpc) is 2.54. The summed E-state index contributed by atoms with van der Waals surface area (Å²) < 4.78 is 2.53. The summed E-state index contributed by atoms with van der Waals surface area (Å²) in [5.41, 5.74) is 5.16. The van der Waals surface area contributed by atoms with Crippen molar-refractivity contribution in [2.24, 2.45) is 0 Å². The first-order valence-corrected chi connectivity index (χ1v) is 8.22. The van der Waals surface area contributed by atoms with Gasteiger partial charge in [0.25, 0.3) is 5.56 Å². The molecule has 0 saturated carbocycles. The van der Waals surface area contributed by atoms with Crippen LogP contribution < -0.4 is 5.56 Å². The highest BCUT2D eigenvalue weighted by Crippen LogP contribution is 2.21. The number of benzene rings is 2. The number of rotatable bonds is 3. The SMILES string of the molecule is Cc1ccc(C)c(-c2ccc(=O)n(Cc3ccc(Br)cc3)n2)c1. The lowest BCUT2D eigenvalue weighted by molar-refractivity contribution is 0.642. The van der Waals surface area contributed by atoms with Crippen molar-refractivity contribution in [1.82, 2.24) is 9.78 Å². The van der Waals surface area contributed by atoms with Crippen molar-refractivity contribution in [3.05, 3.63) is 86.1 Å². The Bertz CT molecular complexity index is 898. The van der Waals surface area contributed by atoms with Gasteiger partial charge in [-0.3, -0.25) is 4.79 Å². The Labute approximate surface area is 143 Å². The summed E-state index contributed by atoms with van der Waals surface area (Å²) in [6, 6.07) is 17.6. The molecule has 23 heavy (non-hydrogen) atoms. The van der Waals surface area contributed by atoms with E-state index in [-0.39, 0.29) is 5.56 Å². The lowest BCUT2D eigenvalue weighted by atomic mass is 10.0. The van der Waals surface area contributed by atoms with Gasteiger partial charge in [0.15, 0.2) is 0 Å². The molecule has 0 fully saturated rings. The first-order valence-electron chi connectivity index (χ1n) is 7.43. The van der Waals surface area contributed by atoms with Gasteiger partial charge < -0.3 is 0 Å². The third kappa shape index (κ3) is 3.59. The zero-order chi connectivity index (χ0) is 16.4. The maximum absolute atomic E-state index is 12.1. The van der Waals surface area contributed by atoms with Crippen LogP contribution >= 0.6 is 15.9 Å². The van der Waals surface area contributed by atoms with Gasteiger partial charge in [0, 0.05) is 16.1 Å². The second-order valence-corrected chi connectivity index (χ2v) is 6.57. The number of aromatic nitrogens is 2. The minimum atomic E-state index is -0.0954. The summed E-state index contributed by atoms with van der Waals surface area (Å²) in [4.78, 5) is 12.1. The highest BCUT2D eigenvalue weighted by molar-refractivity contribution is 9.10. The molecule has 0 atom stereocenters. The van der Waals surface area contributed by atoms with Crippen molar-refractivity contribution in [2.75, 3.05) is 0 Å². The van der Waals surface area contributed by atoms with Gasteiger partial charge in [-0.25, -0.2) is 4.68 Å². The Balaban J connectivity index is 2.00. The minimum Gasteiger partial charge on any atom is -0.268 e. The van der Waals surface area contributed by atoms with Crippen LogP contribution in [0.15, 0.2) is 63.9 Å². The van der Waals surface area contributed by atoms with Crippen molar-refractivity contribution in [3.63, 3.8) is 0 Å². The van der Waals surface area contributed by atoms with Crippen LogP contribution in [-0.2, 0) is 6.54 Å². The largest absolute Gasteiger partial charge is 0.268 e. The Morgan fingerprint density at radius 2 is 1.74 bits per heavy atom. The van der Waals surface area contributed by atoms with E-state index in [1.165, 1.54) is 10.2 Å². The topological polar surface area (TPSA) is 34.9 Å². The van der Waals surface area contributed by atoms with Crippen molar-refractivity contribution in [3.8, 4) is 11.3 Å². The highest BCUT2D eigenvalue weighted by Gasteiger charge is 2.07. The van der Waals surface area contributed by atoms with Crippen molar-refractivity contribution in [2.45, 2.75) is 20.4 Å². The Hall–Kier alpha value is -2.20. The van der Waals surface area contributed by atoms with Gasteiger partial charge in [-0.2, -0.15) is 5.10 Å². The smallest absolute Gasteiger partial charge is 0.267 e. The Kier molecular flexibility index (Phi) is 4.44. The molecule has 0 amide bonds. The molecule has 0 N–H and O–H groups in total. The molecule has 0 aliphatic rings. The van der Waals surface area contributed by atoms with Gasteiger partial charge in [-0.1, -0.05) is 45.8 Å². The molecule has 0 aliphatic carbocycles. The molecule has 3 rings (SSSR count). The summed E-state index contributed by atoms with van der Waals surface area (Å²) in [5, 5.41) is 4.55. The third-order valence-electron chi connectivity index (χ3n) is 3.78. The summed E-state index contributed by atoms with van der Waals surface area (Å²) in [6.07, 6.45) is 0. The van der Waals surface area contributed by atoms with Gasteiger partial charge in [0.05, 0.1) is 12.2 Å². The molecule has 3 aromatic rings. The number of halogens is 1. The van der Waals surface area contributed by atoms with E-state index in [2.05, 4.69) is 53.1 Å². The Morgan fingerprint density at radius 1 is 1.00 bits per heavy atom. The first-order chi connectivity index (χ1) is 11.0. The van der Waals surface area contributed by atoms with Crippen LogP contribution in [0.5, 0.6) is 0 Å². The van der Waals surface area contributed by atoms with E-state index in [0.29, 0.717) is 6.54 Å². The standard InChI is InChI=1S/C19H17BrN2O/c1-13-3-4-14(2)17(11-13)18-9-10-19(23)22(21-18)12-15-5-7-16(20)8-6-15/h3-11H,12H2,1-2H3. The molecule has 0 spiro atoms. The molecule has 0 unspecified atom stereocenters. The highest BCUT2D eigenvalue weighted by atomic mass is 79.9. The van der Waals surface area contributed by atoms with E-state index in [1.807, 2.05) is 24.3 Å². The monoisotopic (exact) mass is 368 g/mol. The van der Waals surface area contributed by atoms with Crippen LogP contribution in [0.1, 0.15) is 16.7 Å². The minimum absolute atomic E-state index is 0.0954. The molecule has 0 bridgehead atoms. The summed E-state index contributed by atoms with van der Waals surface area (Å²) >= 11 is 3.42. The van der Waals surface area contributed by atoms with E-state index in [0.717, 1.165) is 26.9 Å². The fraction of sp³-hybridized carbons (Fsp3) is 0.158. The van der Waals surface area contributed by atoms with Gasteiger partial charge >= 0.3 is 0 Å². The fourth-order valence-corrected chi connectivity index (χ4v) is 2.74. The normalized spacial score (nSPS) is 10.7. The molecule has 0 aliphatic heterocycles. The lowest BCUT2D eigenvalue weighted by Gasteiger charge is -2.10. The van der Waals surface area contributed by atoms with E-state index in [4.69, 9.17) is 0 Å². The van der Waals surface area contributed by atoms with E-state index >= 15 is 0 Å². The number of hydrogen-bond acceptors (Lipinski definition) is 2. The van der Waals surface area contributed by atoms with E-state index in [1.54, 1.807) is 12.1 Å². The molecule has 2 aromatic carbocycles. The Morgan fingerprint density at radius 3 is 2.48 bits per heavy atom. The van der Waals surface area contributed by atoms with E-state index < -0.39 is 0 Å². The summed E-state index contributed by atoms with van der Waals surface area (Å²) in [7, 11) is 0. The van der Waals surface area contributed by atoms with Gasteiger partial charge in [-0.15, -0.1) is 0 Å². The predicted molar refractivity (Wildman–Crippen MR) is 96.7 cm³/mol. The lowest BCUT2D eigenvalue weighted by Crippen LogP contribution is -2.22. The van der Waals surface area contributed by atoms with Crippen molar-refractivity contribution in [1.29, 1.82) is 0 Å². The predicted octanol–water partition coefficient (Wildman–Crippen LogP) is 4.34. The quantitative estimate of drug-likeness (QED) is 0.689. The zero-order valence-electron chi connectivity index (χ0n) is 13.1. The third-order valence-corrected chi connectivity index (χ3v) is 4.31. The van der Waals surface area contributed by atoms with Gasteiger partial charge in [-0.05, 0) is 49.2 Å². The van der Waals surface area contributed by atoms with Crippen LogP contribution in [-0.4, -0.2) is 9.78 Å². The molecule has 0 radical (unpaired) electrons. The van der Waals surface area contributed by atoms with Gasteiger partial charge in [0.1, 0.15) is 0 Å². The fourth-order valence-electron chi connectivity index (χ4n) is 2.48. The number of nitrogens with zero attached hydrogens (tertiary/aromatic N) is 2. The molecular formula is C19H17BrN2O. The van der Waals surface area contributed by atoms with Crippen LogP contribution in [0, 0.1) is 13.8 Å². The number of hydrogen-bond donors (Lipinski definition) is 0. The maximum Gasteiger partial charge on any atom is 0.267 e. The molecule has 4 heteroatoms. The van der Waals surface area contributed by atoms with E-state index in [9.17, 15) is 4.79 Å². The van der Waals surface area contributed by atoms with Crippen molar-refractivity contribution < 1.29 is 0 Å². The number of aryl methyl sites for hydroxylation is 2. The molecule has 1 heterocycles. The average molecular weight is 369 g/mol. The zero-order valence-corrected chi connectivity index (χ0v) is 14.7.